The Bertz CT molecular complexity index is 1450. The summed E-state index contributed by atoms with van der Waals surface area (Å²) < 4.78 is 35.3. The summed E-state index contributed by atoms with van der Waals surface area (Å²) >= 11 is 18.4. The Morgan fingerprint density at radius 3 is 2.41 bits per heavy atom. The van der Waals surface area contributed by atoms with E-state index in [1.54, 1.807) is 24.3 Å². The van der Waals surface area contributed by atoms with Gasteiger partial charge < -0.3 is 15.4 Å². The summed E-state index contributed by atoms with van der Waals surface area (Å²) in [6.07, 6.45) is 1.56. The fourth-order valence-corrected chi connectivity index (χ4v) is 7.47. The number of rotatable bonds is 12. The fourth-order valence-electron chi connectivity index (χ4n) is 4.70. The summed E-state index contributed by atoms with van der Waals surface area (Å²) in [5.74, 6) is 1.08. The number of hydrogen-bond donors (Lipinski definition) is 3. The van der Waals surface area contributed by atoms with Crippen molar-refractivity contribution < 1.29 is 17.9 Å². The largest absolute Gasteiger partial charge is 0.493 e. The van der Waals surface area contributed by atoms with Crippen molar-refractivity contribution in [3.63, 3.8) is 0 Å². The van der Waals surface area contributed by atoms with E-state index in [0.717, 1.165) is 36.4 Å². The lowest BCUT2D eigenvalue weighted by Gasteiger charge is -2.28. The molecule has 0 radical (unpaired) electrons. The first-order chi connectivity index (χ1) is 19.5. The number of fused-ring (bicyclic) bond motifs is 1. The lowest BCUT2D eigenvalue weighted by atomic mass is 9.98. The maximum atomic E-state index is 13.4. The Morgan fingerprint density at radius 2 is 1.73 bits per heavy atom. The molecule has 3 aromatic rings. The number of amides is 1. The van der Waals surface area contributed by atoms with Gasteiger partial charge in [-0.2, -0.15) is 0 Å². The zero-order valence-electron chi connectivity index (χ0n) is 22.9. The van der Waals surface area contributed by atoms with Crippen molar-refractivity contribution in [2.24, 2.45) is 5.92 Å². The summed E-state index contributed by atoms with van der Waals surface area (Å²) in [4.78, 5) is 13.0. The molecule has 7 nitrogen and oxygen atoms in total. The number of sulfonamides is 1. The second-order valence-electron chi connectivity index (χ2n) is 10.5. The van der Waals surface area contributed by atoms with E-state index in [-0.39, 0.29) is 38.3 Å². The quantitative estimate of drug-likeness (QED) is 0.189. The molecule has 2 unspecified atom stereocenters. The third kappa shape index (κ3) is 8.60. The molecule has 2 atom stereocenters. The molecule has 4 rings (SSSR count). The average Bonchev–Trinajstić information content (AvgIpc) is 2.90. The zero-order valence-corrected chi connectivity index (χ0v) is 26.0. The molecule has 1 aliphatic heterocycles. The molecule has 1 amide bonds. The molecule has 0 aromatic heterocycles. The van der Waals surface area contributed by atoms with E-state index < -0.39 is 16.1 Å². The smallest absolute Gasteiger partial charge is 0.244 e. The van der Waals surface area contributed by atoms with Gasteiger partial charge in [0, 0.05) is 30.0 Å². The van der Waals surface area contributed by atoms with Gasteiger partial charge in [0.2, 0.25) is 15.9 Å². The second kappa shape index (κ2) is 14.2. The van der Waals surface area contributed by atoms with Gasteiger partial charge in [0.05, 0.1) is 28.7 Å². The molecule has 3 N–H and O–H groups in total. The van der Waals surface area contributed by atoms with Gasteiger partial charge in [-0.05, 0) is 48.2 Å². The van der Waals surface area contributed by atoms with Crippen LogP contribution in [-0.2, 0) is 21.4 Å². The van der Waals surface area contributed by atoms with Crippen LogP contribution in [0.1, 0.15) is 61.9 Å². The van der Waals surface area contributed by atoms with Gasteiger partial charge in [0.25, 0.3) is 0 Å². The lowest BCUT2D eigenvalue weighted by molar-refractivity contribution is -0.122. The van der Waals surface area contributed by atoms with Gasteiger partial charge in [0.1, 0.15) is 10.6 Å². The summed E-state index contributed by atoms with van der Waals surface area (Å²) in [6.45, 7) is 6.54. The summed E-state index contributed by atoms with van der Waals surface area (Å²) in [5.41, 5.74) is 2.62. The van der Waals surface area contributed by atoms with Crippen LogP contribution in [0, 0.1) is 5.92 Å². The highest BCUT2D eigenvalue weighted by molar-refractivity contribution is 7.89. The molecule has 0 bridgehead atoms. The molecule has 41 heavy (non-hydrogen) atoms. The number of hydrogen-bond acceptors (Lipinski definition) is 5. The minimum Gasteiger partial charge on any atom is -0.493 e. The van der Waals surface area contributed by atoms with Crippen LogP contribution in [0.15, 0.2) is 65.6 Å². The molecule has 0 saturated heterocycles. The average molecular weight is 639 g/mol. The molecule has 220 valence electrons. The maximum absolute atomic E-state index is 13.4. The van der Waals surface area contributed by atoms with Gasteiger partial charge in [-0.25, -0.2) is 13.1 Å². The predicted molar refractivity (Wildman–Crippen MR) is 164 cm³/mol. The van der Waals surface area contributed by atoms with Crippen molar-refractivity contribution in [3.8, 4) is 5.75 Å². The van der Waals surface area contributed by atoms with E-state index in [2.05, 4.69) is 29.2 Å². The summed E-state index contributed by atoms with van der Waals surface area (Å²) in [5, 5.41) is 6.52. The van der Waals surface area contributed by atoms with Crippen LogP contribution in [0.3, 0.4) is 0 Å². The van der Waals surface area contributed by atoms with Crippen molar-refractivity contribution in [1.29, 1.82) is 0 Å². The molecular weight excluding hydrogens is 605 g/mol. The highest BCUT2D eigenvalue weighted by atomic mass is 35.5. The Hall–Kier alpha value is -2.33. The van der Waals surface area contributed by atoms with Crippen LogP contribution in [-0.4, -0.2) is 27.5 Å². The highest BCUT2D eigenvalue weighted by Crippen LogP contribution is 2.35. The third-order valence-electron chi connectivity index (χ3n) is 6.80. The highest BCUT2D eigenvalue weighted by Gasteiger charge is 2.29. The summed E-state index contributed by atoms with van der Waals surface area (Å²) in [6, 6.07) is 16.4. The first-order valence-electron chi connectivity index (χ1n) is 13.5. The van der Waals surface area contributed by atoms with Crippen LogP contribution in [0.4, 0.5) is 0 Å². The van der Waals surface area contributed by atoms with Crippen LogP contribution in [0.25, 0.3) is 0 Å². The van der Waals surface area contributed by atoms with Crippen molar-refractivity contribution in [2.45, 2.75) is 56.6 Å². The van der Waals surface area contributed by atoms with E-state index >= 15 is 0 Å². The van der Waals surface area contributed by atoms with Crippen molar-refractivity contribution >= 4 is 50.7 Å². The number of carbonyl (C=O) groups is 1. The monoisotopic (exact) mass is 637 g/mol. The van der Waals surface area contributed by atoms with Crippen LogP contribution in [0.2, 0.25) is 15.1 Å². The number of benzene rings is 3. The first kappa shape index (κ1) is 31.6. The normalized spacial score (nSPS) is 15.7. The molecule has 0 aliphatic carbocycles. The Morgan fingerprint density at radius 1 is 1.02 bits per heavy atom. The third-order valence-corrected chi connectivity index (χ3v) is 9.41. The molecule has 3 aromatic carbocycles. The number of nitrogens with one attached hydrogen (secondary N) is 3. The molecular formula is C30H34Cl3N3O4S. The Kier molecular flexibility index (Phi) is 11.0. The van der Waals surface area contributed by atoms with E-state index in [4.69, 9.17) is 39.5 Å². The van der Waals surface area contributed by atoms with Crippen LogP contribution < -0.4 is 20.1 Å². The molecule has 11 heteroatoms. The predicted octanol–water partition coefficient (Wildman–Crippen LogP) is 6.83. The van der Waals surface area contributed by atoms with E-state index in [0.29, 0.717) is 24.5 Å². The van der Waals surface area contributed by atoms with Gasteiger partial charge in [0.15, 0.2) is 0 Å². The number of carbonyl (C=O) groups excluding carboxylic acids is 1. The van der Waals surface area contributed by atoms with E-state index in [1.807, 2.05) is 24.3 Å². The van der Waals surface area contributed by atoms with Gasteiger partial charge >= 0.3 is 0 Å². The van der Waals surface area contributed by atoms with Crippen molar-refractivity contribution in [3.05, 3.63) is 92.4 Å². The summed E-state index contributed by atoms with van der Waals surface area (Å²) in [7, 11) is -4.21. The van der Waals surface area contributed by atoms with Gasteiger partial charge in [-0.3, -0.25) is 4.79 Å². The Labute approximate surface area is 257 Å². The molecule has 0 spiro atoms. The molecule has 1 aliphatic rings. The number of ether oxygens (including phenoxy) is 1. The minimum absolute atomic E-state index is 0.112. The van der Waals surface area contributed by atoms with E-state index in [1.165, 1.54) is 12.1 Å². The first-order valence-corrected chi connectivity index (χ1v) is 16.1. The Balaban J connectivity index is 1.48. The molecule has 0 saturated carbocycles. The minimum atomic E-state index is -4.21. The van der Waals surface area contributed by atoms with Crippen LogP contribution in [0.5, 0.6) is 5.75 Å². The van der Waals surface area contributed by atoms with Crippen molar-refractivity contribution in [1.82, 2.24) is 15.4 Å². The molecule has 0 fully saturated rings. The maximum Gasteiger partial charge on any atom is 0.244 e. The van der Waals surface area contributed by atoms with Gasteiger partial charge in [-0.15, -0.1) is 0 Å². The topological polar surface area (TPSA) is 96.5 Å². The number of halogens is 3. The van der Waals surface area contributed by atoms with Crippen molar-refractivity contribution in [2.75, 3.05) is 13.2 Å². The van der Waals surface area contributed by atoms with Crippen LogP contribution >= 0.6 is 34.8 Å². The molecule has 1 heterocycles. The lowest BCUT2D eigenvalue weighted by Crippen LogP contribution is -2.36. The fraction of sp³-hybridized carbons (Fsp3) is 0.367. The standard InChI is InChI=1S/C30H34Cl3N3O4S/c1-19(2)10-12-34-18-20-8-9-23-26(11-13-40-28(23)14-20)35-29(37)17-27(21-6-4-3-5-7-21)36-41(38,39)30-24(32)15-22(31)16-25(30)33/h3-9,14-16,19,26-27,34,36H,10-13,17-18H2,1-2H3,(H,35,37). The zero-order chi connectivity index (χ0) is 29.6. The second-order valence-corrected chi connectivity index (χ2v) is 13.4. The van der Waals surface area contributed by atoms with Gasteiger partial charge in [-0.1, -0.05) is 91.1 Å². The SMILES string of the molecule is CC(C)CCNCc1ccc2c(c1)OCCC2NC(=O)CC(NS(=O)(=O)c1c(Cl)cc(Cl)cc1Cl)c1ccccc1. The van der Waals surface area contributed by atoms with E-state index in [9.17, 15) is 13.2 Å².